The molecule has 0 N–H and O–H groups in total. The van der Waals surface area contributed by atoms with Gasteiger partial charge in [-0.2, -0.15) is 0 Å². The summed E-state index contributed by atoms with van der Waals surface area (Å²) in [6, 6.07) is 104. The molecule has 0 aromatic heterocycles. The van der Waals surface area contributed by atoms with E-state index < -0.39 is 0 Å². The lowest BCUT2D eigenvalue weighted by molar-refractivity contribution is 1.47. The van der Waals surface area contributed by atoms with Crippen LogP contribution in [0.3, 0.4) is 0 Å². The highest BCUT2D eigenvalue weighted by Gasteiger charge is 2.08. The Labute approximate surface area is 447 Å². The average Bonchev–Trinajstić information content (AvgIpc) is 3.49. The molecule has 0 heteroatoms. The van der Waals surface area contributed by atoms with E-state index in [1.165, 1.54) is 131 Å². The van der Waals surface area contributed by atoms with Crippen molar-refractivity contribution in [3.05, 3.63) is 313 Å². The predicted molar refractivity (Wildman–Crippen MR) is 331 cm³/mol. The van der Waals surface area contributed by atoms with Crippen LogP contribution in [0.4, 0.5) is 0 Å². The van der Waals surface area contributed by atoms with Crippen LogP contribution in [0, 0.1) is 27.7 Å². The van der Waals surface area contributed by atoms with E-state index >= 15 is 0 Å². The molecule has 14 rings (SSSR count). The minimum atomic E-state index is 1.27. The minimum absolute atomic E-state index is 1.27. The Morgan fingerprint density at radius 1 is 0.171 bits per heavy atom. The van der Waals surface area contributed by atoms with Crippen LogP contribution < -0.4 is 0 Å². The molecule has 0 fully saturated rings. The molecular weight excluding hydrogens is 913 g/mol. The molecule has 0 aliphatic heterocycles. The zero-order valence-corrected chi connectivity index (χ0v) is 43.7. The highest BCUT2D eigenvalue weighted by Crippen LogP contribution is 2.34. The molecule has 0 saturated carbocycles. The second-order valence-electron chi connectivity index (χ2n) is 20.0. The van der Waals surface area contributed by atoms with Crippen LogP contribution in [0.2, 0.25) is 0 Å². The van der Waals surface area contributed by atoms with E-state index in [-0.39, 0.29) is 0 Å². The summed E-state index contributed by atoms with van der Waals surface area (Å²) in [4.78, 5) is 0. The van der Waals surface area contributed by atoms with E-state index in [1.807, 2.05) is 0 Å². The third-order valence-corrected chi connectivity index (χ3v) is 14.5. The largest absolute Gasteiger partial charge is 0.0616 e. The maximum Gasteiger partial charge on any atom is -0.0103 e. The van der Waals surface area contributed by atoms with E-state index in [9.17, 15) is 0 Å². The number of rotatable bonds is 4. The fraction of sp³-hybridized carbons (Fsp3) is 0.0526. The van der Waals surface area contributed by atoms with Crippen molar-refractivity contribution >= 4 is 64.6 Å². The molecule has 0 radical (unpaired) electrons. The van der Waals surface area contributed by atoms with Crippen LogP contribution in [0.25, 0.3) is 109 Å². The maximum atomic E-state index is 2.28. The molecular formula is C76H60. The molecule has 0 bridgehead atoms. The van der Waals surface area contributed by atoms with E-state index in [4.69, 9.17) is 0 Å². The number of fused-ring (bicyclic) bond motifs is 6. The smallest absolute Gasteiger partial charge is 0.0103 e. The molecule has 14 aromatic rings. The summed E-state index contributed by atoms with van der Waals surface area (Å²) in [5.74, 6) is 0. The highest BCUT2D eigenvalue weighted by molar-refractivity contribution is 6.01. The van der Waals surface area contributed by atoms with Crippen LogP contribution >= 0.6 is 0 Å². The Kier molecular flexibility index (Phi) is 14.4. The van der Waals surface area contributed by atoms with Gasteiger partial charge in [0.1, 0.15) is 0 Å². The van der Waals surface area contributed by atoms with E-state index in [0.717, 1.165) is 0 Å². The van der Waals surface area contributed by atoms with Crippen LogP contribution in [-0.2, 0) is 0 Å². The van der Waals surface area contributed by atoms with Crippen LogP contribution in [-0.4, -0.2) is 0 Å². The van der Waals surface area contributed by atoms with Crippen molar-refractivity contribution in [2.24, 2.45) is 0 Å². The summed E-state index contributed by atoms with van der Waals surface area (Å²) in [5.41, 5.74) is 15.6. The lowest BCUT2D eigenvalue weighted by Crippen LogP contribution is -1.84. The minimum Gasteiger partial charge on any atom is -0.0616 e. The number of hydrogen-bond acceptors (Lipinski definition) is 0. The maximum absolute atomic E-state index is 2.28. The van der Waals surface area contributed by atoms with E-state index in [1.54, 1.807) is 0 Å². The normalized spacial score (nSPS) is 10.9. The third-order valence-electron chi connectivity index (χ3n) is 14.5. The van der Waals surface area contributed by atoms with Gasteiger partial charge in [0.15, 0.2) is 0 Å². The van der Waals surface area contributed by atoms with Crippen molar-refractivity contribution in [3.63, 3.8) is 0 Å². The number of hydrogen-bond donors (Lipinski definition) is 0. The second-order valence-corrected chi connectivity index (χ2v) is 20.0. The van der Waals surface area contributed by atoms with Gasteiger partial charge in [-0.25, -0.2) is 0 Å². The molecule has 14 aromatic carbocycles. The van der Waals surface area contributed by atoms with Crippen molar-refractivity contribution in [2.75, 3.05) is 0 Å². The van der Waals surface area contributed by atoms with Gasteiger partial charge < -0.3 is 0 Å². The van der Waals surface area contributed by atoms with Gasteiger partial charge in [-0.05, 0) is 167 Å². The molecule has 0 unspecified atom stereocenters. The summed E-state index contributed by atoms with van der Waals surface area (Å²) in [6.45, 7) is 8.57. The lowest BCUT2D eigenvalue weighted by Gasteiger charge is -2.10. The van der Waals surface area contributed by atoms with Crippen molar-refractivity contribution in [3.8, 4) is 44.5 Å². The van der Waals surface area contributed by atoms with Gasteiger partial charge in [-0.3, -0.25) is 0 Å². The fourth-order valence-corrected chi connectivity index (χ4v) is 10.5. The first-order valence-corrected chi connectivity index (χ1v) is 26.4. The molecule has 76 heavy (non-hydrogen) atoms. The van der Waals surface area contributed by atoms with Gasteiger partial charge in [-0.15, -0.1) is 0 Å². The van der Waals surface area contributed by atoms with Crippen molar-refractivity contribution in [1.29, 1.82) is 0 Å². The lowest BCUT2D eigenvalue weighted by atomic mass is 9.94. The summed E-state index contributed by atoms with van der Waals surface area (Å²) in [7, 11) is 0. The first-order chi connectivity index (χ1) is 37.3. The molecule has 364 valence electrons. The SMILES string of the molecule is Cc1ccc(-c2ccc3ccccc3c2)c2ccccc12.Cc1ccc2cc(-c3ccc4ccccc4c3)ccc2c1.Cc1cccc(-c2ccc3ccccc3c2)c1.Cc1cccc(-c2cccc3ccccc23)c1. The van der Waals surface area contributed by atoms with Gasteiger partial charge in [0.05, 0.1) is 0 Å². The molecule has 0 saturated heterocycles. The van der Waals surface area contributed by atoms with Gasteiger partial charge in [0.2, 0.25) is 0 Å². The average molecular weight is 973 g/mol. The second kappa shape index (κ2) is 22.4. The Morgan fingerprint density at radius 3 is 1.09 bits per heavy atom. The van der Waals surface area contributed by atoms with E-state index in [0.29, 0.717) is 0 Å². The molecule has 0 atom stereocenters. The van der Waals surface area contributed by atoms with Crippen LogP contribution in [0.1, 0.15) is 22.3 Å². The quantitative estimate of drug-likeness (QED) is 0.165. The van der Waals surface area contributed by atoms with Crippen molar-refractivity contribution in [1.82, 2.24) is 0 Å². The summed E-state index contributed by atoms with van der Waals surface area (Å²) in [6.07, 6.45) is 0. The zero-order chi connectivity index (χ0) is 51.8. The van der Waals surface area contributed by atoms with E-state index in [2.05, 4.69) is 319 Å². The van der Waals surface area contributed by atoms with Crippen LogP contribution in [0.15, 0.2) is 291 Å². The molecule has 0 amide bonds. The summed E-state index contributed by atoms with van der Waals surface area (Å²) in [5, 5.41) is 15.6. The van der Waals surface area contributed by atoms with Gasteiger partial charge in [0, 0.05) is 0 Å². The van der Waals surface area contributed by atoms with Gasteiger partial charge >= 0.3 is 0 Å². The van der Waals surface area contributed by atoms with Crippen molar-refractivity contribution in [2.45, 2.75) is 27.7 Å². The third kappa shape index (κ3) is 11.1. The molecule has 0 nitrogen and oxygen atoms in total. The zero-order valence-electron chi connectivity index (χ0n) is 43.7. The Balaban J connectivity index is 0.000000109. The molecule has 0 heterocycles. The van der Waals surface area contributed by atoms with Gasteiger partial charge in [-0.1, -0.05) is 284 Å². The number of aryl methyl sites for hydroxylation is 4. The predicted octanol–water partition coefficient (Wildman–Crippen LogP) is 21.6. The fourth-order valence-electron chi connectivity index (χ4n) is 10.5. The highest BCUT2D eigenvalue weighted by atomic mass is 14.1. The first kappa shape index (κ1) is 48.9. The van der Waals surface area contributed by atoms with Gasteiger partial charge in [0.25, 0.3) is 0 Å². The first-order valence-electron chi connectivity index (χ1n) is 26.4. The Bertz CT molecular complexity index is 4330. The number of benzene rings is 14. The topological polar surface area (TPSA) is 0 Å². The molecule has 0 aliphatic carbocycles. The Morgan fingerprint density at radius 2 is 0.513 bits per heavy atom. The van der Waals surface area contributed by atoms with Crippen LogP contribution in [0.5, 0.6) is 0 Å². The molecule has 0 spiro atoms. The molecule has 0 aliphatic rings. The summed E-state index contributed by atoms with van der Waals surface area (Å²) < 4.78 is 0. The monoisotopic (exact) mass is 972 g/mol. The standard InChI is InChI=1S/2C21H16.2C17H14/c1-15-10-13-20(21-9-5-4-8-19(15)21)18-12-11-16-6-2-3-7-17(16)14-18;1-15-6-7-19-14-21(11-10-18(19)12-15)20-9-8-16-4-2-3-5-17(16)13-20;1-13-6-4-9-15(12-13)17-11-5-8-14-7-2-3-10-16(14)17;1-13-5-4-8-15(11-13)17-10-9-14-6-2-3-7-16(14)12-17/h2*2-14H,1H3;2*2-12H,1H3. The summed E-state index contributed by atoms with van der Waals surface area (Å²) >= 11 is 0. The van der Waals surface area contributed by atoms with Crippen molar-refractivity contribution < 1.29 is 0 Å². The Hall–Kier alpha value is -9.36.